The molecule has 4 rings (SSSR count). The van der Waals surface area contributed by atoms with Crippen molar-refractivity contribution in [2.45, 2.75) is 26.4 Å². The minimum absolute atomic E-state index is 0.162. The number of thiazole rings is 1. The molecule has 1 aromatic carbocycles. The van der Waals surface area contributed by atoms with Crippen LogP contribution in [0.1, 0.15) is 34.2 Å². The number of carbonyl (C=O) groups excluding carboxylic acids is 1. The molecule has 0 saturated carbocycles. The monoisotopic (exact) mass is 386 g/mol. The fraction of sp³-hybridized carbons (Fsp3) is 0.421. The lowest BCUT2D eigenvalue weighted by Gasteiger charge is -2.14. The van der Waals surface area contributed by atoms with Gasteiger partial charge in [0.05, 0.1) is 15.2 Å². The summed E-state index contributed by atoms with van der Waals surface area (Å²) in [6.07, 6.45) is 3.86. The van der Waals surface area contributed by atoms with Crippen molar-refractivity contribution in [3.05, 3.63) is 41.1 Å². The number of oxazole rings is 1. The summed E-state index contributed by atoms with van der Waals surface area (Å²) >= 11 is 1.65. The number of ether oxygens (including phenoxy) is 1. The fourth-order valence-electron chi connectivity index (χ4n) is 3.16. The van der Waals surface area contributed by atoms with Crippen molar-refractivity contribution >= 4 is 27.5 Å². The van der Waals surface area contributed by atoms with Crippen molar-refractivity contribution in [1.82, 2.24) is 20.2 Å². The van der Waals surface area contributed by atoms with Crippen LogP contribution in [0.2, 0.25) is 0 Å². The van der Waals surface area contributed by atoms with Crippen molar-refractivity contribution in [1.29, 1.82) is 0 Å². The highest BCUT2D eigenvalue weighted by Crippen LogP contribution is 2.25. The molecule has 0 unspecified atom stereocenters. The summed E-state index contributed by atoms with van der Waals surface area (Å²) in [4.78, 5) is 23.2. The van der Waals surface area contributed by atoms with E-state index >= 15 is 0 Å². The van der Waals surface area contributed by atoms with Crippen molar-refractivity contribution < 1.29 is 13.9 Å². The van der Waals surface area contributed by atoms with Gasteiger partial charge in [-0.15, -0.1) is 11.3 Å². The van der Waals surface area contributed by atoms with Crippen LogP contribution < -0.4 is 10.1 Å². The molecule has 1 fully saturated rings. The van der Waals surface area contributed by atoms with Crippen molar-refractivity contribution in [2.75, 3.05) is 26.2 Å². The van der Waals surface area contributed by atoms with Crippen LogP contribution in [-0.4, -0.2) is 47.0 Å². The molecule has 1 aliphatic rings. The molecule has 142 valence electrons. The lowest BCUT2D eigenvalue weighted by molar-refractivity contribution is 0.0944. The second kappa shape index (κ2) is 8.06. The minimum Gasteiger partial charge on any atom is -0.484 e. The number of hydrogen-bond donors (Lipinski definition) is 1. The quantitative estimate of drug-likeness (QED) is 0.672. The number of likely N-dealkylation sites (tertiary alicyclic amines) is 1. The summed E-state index contributed by atoms with van der Waals surface area (Å²) in [6, 6.07) is 5.78. The Hall–Kier alpha value is -2.45. The van der Waals surface area contributed by atoms with Gasteiger partial charge in [0.1, 0.15) is 12.0 Å². The third-order valence-electron chi connectivity index (χ3n) is 4.52. The molecule has 1 saturated heterocycles. The van der Waals surface area contributed by atoms with E-state index in [0.717, 1.165) is 34.9 Å². The van der Waals surface area contributed by atoms with Crippen LogP contribution >= 0.6 is 11.3 Å². The summed E-state index contributed by atoms with van der Waals surface area (Å²) < 4.78 is 12.2. The zero-order valence-corrected chi connectivity index (χ0v) is 16.1. The van der Waals surface area contributed by atoms with E-state index in [1.54, 1.807) is 11.3 Å². The lowest BCUT2D eigenvalue weighted by atomic mass is 10.3. The first-order valence-electron chi connectivity index (χ1n) is 9.12. The number of rotatable bonds is 7. The Morgan fingerprint density at radius 1 is 1.33 bits per heavy atom. The molecule has 27 heavy (non-hydrogen) atoms. The van der Waals surface area contributed by atoms with Gasteiger partial charge in [-0.2, -0.15) is 0 Å². The first kappa shape index (κ1) is 17.9. The molecule has 3 aromatic rings. The van der Waals surface area contributed by atoms with E-state index in [1.807, 2.05) is 25.1 Å². The zero-order chi connectivity index (χ0) is 18.6. The van der Waals surface area contributed by atoms with Crippen LogP contribution in [0.5, 0.6) is 5.75 Å². The lowest BCUT2D eigenvalue weighted by Crippen LogP contribution is -2.33. The highest BCUT2D eigenvalue weighted by Gasteiger charge is 2.14. The maximum atomic E-state index is 12.2. The Bertz CT molecular complexity index is 930. The van der Waals surface area contributed by atoms with Crippen LogP contribution in [0.15, 0.2) is 28.9 Å². The van der Waals surface area contributed by atoms with Crippen LogP contribution in [0, 0.1) is 6.92 Å². The van der Waals surface area contributed by atoms with Crippen LogP contribution in [0.4, 0.5) is 0 Å². The SMILES string of the molecule is Cc1nc2cc(OCc3nc(C(=O)NCCN4CCCC4)co3)ccc2s1. The number of aryl methyl sites for hydroxylation is 1. The van der Waals surface area contributed by atoms with Gasteiger partial charge in [-0.1, -0.05) is 0 Å². The van der Waals surface area contributed by atoms with Crippen molar-refractivity contribution in [3.63, 3.8) is 0 Å². The summed E-state index contributed by atoms with van der Waals surface area (Å²) in [5.74, 6) is 0.848. The van der Waals surface area contributed by atoms with E-state index in [-0.39, 0.29) is 18.2 Å². The van der Waals surface area contributed by atoms with E-state index in [2.05, 4.69) is 20.2 Å². The first-order valence-corrected chi connectivity index (χ1v) is 9.94. The Morgan fingerprint density at radius 2 is 2.19 bits per heavy atom. The summed E-state index contributed by atoms with van der Waals surface area (Å²) in [7, 11) is 0. The standard InChI is InChI=1S/C19H22N4O3S/c1-13-21-15-10-14(4-5-17(15)27-13)25-12-18-22-16(11-26-18)19(24)20-6-9-23-7-2-3-8-23/h4-5,10-11H,2-3,6-9,12H2,1H3,(H,20,24). The number of benzene rings is 1. The molecule has 0 radical (unpaired) electrons. The van der Waals surface area contributed by atoms with Crippen molar-refractivity contribution in [3.8, 4) is 5.75 Å². The Morgan fingerprint density at radius 3 is 3.04 bits per heavy atom. The predicted molar refractivity (Wildman–Crippen MR) is 103 cm³/mol. The maximum absolute atomic E-state index is 12.2. The second-order valence-electron chi connectivity index (χ2n) is 6.58. The molecule has 1 aliphatic heterocycles. The highest BCUT2D eigenvalue weighted by molar-refractivity contribution is 7.18. The number of aromatic nitrogens is 2. The van der Waals surface area contributed by atoms with Gasteiger partial charge in [-0.3, -0.25) is 4.79 Å². The van der Waals surface area contributed by atoms with Crippen LogP contribution in [0.3, 0.4) is 0 Å². The zero-order valence-electron chi connectivity index (χ0n) is 15.2. The van der Waals surface area contributed by atoms with Gasteiger partial charge < -0.3 is 19.4 Å². The van der Waals surface area contributed by atoms with Gasteiger partial charge in [0.15, 0.2) is 12.3 Å². The molecule has 8 heteroatoms. The molecule has 1 amide bonds. The number of carbonyl (C=O) groups is 1. The van der Waals surface area contributed by atoms with E-state index in [0.29, 0.717) is 18.2 Å². The topological polar surface area (TPSA) is 80.5 Å². The fourth-order valence-corrected chi connectivity index (χ4v) is 3.97. The predicted octanol–water partition coefficient (Wildman–Crippen LogP) is 3.00. The molecule has 0 aliphatic carbocycles. The first-order chi connectivity index (χ1) is 13.2. The van der Waals surface area contributed by atoms with Gasteiger partial charge in [0.25, 0.3) is 5.91 Å². The smallest absolute Gasteiger partial charge is 0.273 e. The normalized spacial score (nSPS) is 14.7. The summed E-state index contributed by atoms with van der Waals surface area (Å²) in [5, 5.41) is 3.91. The molecule has 2 aromatic heterocycles. The average molecular weight is 386 g/mol. The number of nitrogens with one attached hydrogen (secondary N) is 1. The Kier molecular flexibility index (Phi) is 5.35. The Labute approximate surface area is 161 Å². The molecule has 1 N–H and O–H groups in total. The third-order valence-corrected chi connectivity index (χ3v) is 5.48. The van der Waals surface area contributed by atoms with Crippen LogP contribution in [0.25, 0.3) is 10.2 Å². The number of nitrogens with zero attached hydrogens (tertiary/aromatic N) is 3. The van der Waals surface area contributed by atoms with Gasteiger partial charge >= 0.3 is 0 Å². The average Bonchev–Trinajstić information content (AvgIpc) is 3.39. The van der Waals surface area contributed by atoms with Crippen molar-refractivity contribution in [2.24, 2.45) is 0 Å². The third kappa shape index (κ3) is 4.45. The number of hydrogen-bond acceptors (Lipinski definition) is 7. The Balaban J connectivity index is 1.28. The molecular weight excluding hydrogens is 364 g/mol. The molecule has 0 spiro atoms. The van der Waals surface area contributed by atoms with E-state index in [9.17, 15) is 4.79 Å². The molecule has 0 atom stereocenters. The molecule has 7 nitrogen and oxygen atoms in total. The van der Waals surface area contributed by atoms with Gasteiger partial charge in [0, 0.05) is 19.2 Å². The number of fused-ring (bicyclic) bond motifs is 1. The highest BCUT2D eigenvalue weighted by atomic mass is 32.1. The van der Waals surface area contributed by atoms with Gasteiger partial charge in [-0.05, 0) is 45.0 Å². The second-order valence-corrected chi connectivity index (χ2v) is 7.82. The van der Waals surface area contributed by atoms with Crippen LogP contribution in [-0.2, 0) is 6.61 Å². The van der Waals surface area contributed by atoms with Gasteiger partial charge in [0.2, 0.25) is 5.89 Å². The van der Waals surface area contributed by atoms with E-state index in [4.69, 9.17) is 9.15 Å². The largest absolute Gasteiger partial charge is 0.484 e. The number of amides is 1. The summed E-state index contributed by atoms with van der Waals surface area (Å²) in [5.41, 5.74) is 1.20. The molecule has 3 heterocycles. The summed E-state index contributed by atoms with van der Waals surface area (Å²) in [6.45, 7) is 5.87. The minimum atomic E-state index is -0.219. The van der Waals surface area contributed by atoms with E-state index < -0.39 is 0 Å². The molecular formula is C19H22N4O3S. The molecule has 0 bridgehead atoms. The van der Waals surface area contributed by atoms with Gasteiger partial charge in [-0.25, -0.2) is 9.97 Å². The van der Waals surface area contributed by atoms with E-state index in [1.165, 1.54) is 19.1 Å². The maximum Gasteiger partial charge on any atom is 0.273 e.